The Balaban J connectivity index is 0.000000122. The maximum atomic E-state index is 6.28. The summed E-state index contributed by atoms with van der Waals surface area (Å²) in [5.41, 5.74) is 25.8. The van der Waals surface area contributed by atoms with Crippen molar-refractivity contribution in [2.45, 2.75) is 38.5 Å². The number of hydrogen-bond acceptors (Lipinski definition) is 6. The van der Waals surface area contributed by atoms with Gasteiger partial charge in [-0.1, -0.05) is 234 Å². The topological polar surface area (TPSA) is 76.2 Å². The second kappa shape index (κ2) is 22.7. The van der Waals surface area contributed by atoms with Crippen molar-refractivity contribution in [2.24, 2.45) is 0 Å². The van der Waals surface area contributed by atoms with Gasteiger partial charge in [-0.25, -0.2) is 9.03 Å². The standard InChI is InChI=1S/C44H31N3O.C27H21NO.C17H11BrN2.H2/c1-44(2)37-18-10-8-16-33(37)35-25-31(20-22-38(35)44)47(32-21-23-41-36(26-32)34-17-9-11-19-40(34)48-41)43-39-24-29-14-6-7-15-30(29)27-46(39)45-42(43)28-12-4-3-5-13-28;1-27(2)23-9-5-3-7-19(23)21-15-17(11-13-24(21)27)28-18-12-14-26-22(16-18)20-8-4-6-10-25(20)29-26;18-16-15-10-13-8-4-5-9-14(13)11-20(15)19-17(16)12-6-2-1-3-7-12;/h3-27H,1-2H3;3-16,28H,1-2H3;1-11H;1H. The average molecular weight is 1320 g/mol. The number of fused-ring (bicyclic) bond motifs is 16. The van der Waals surface area contributed by atoms with Crippen LogP contribution >= 0.6 is 15.9 Å². The van der Waals surface area contributed by atoms with Crippen LogP contribution < -0.4 is 10.2 Å². The number of halogens is 1. The van der Waals surface area contributed by atoms with Crippen LogP contribution in [0.4, 0.5) is 28.4 Å². The zero-order valence-electron chi connectivity index (χ0n) is 53.8. The van der Waals surface area contributed by atoms with Gasteiger partial charge in [-0.2, -0.15) is 10.2 Å². The fourth-order valence-electron chi connectivity index (χ4n) is 15.1. The van der Waals surface area contributed by atoms with E-state index in [1.165, 1.54) is 60.7 Å². The van der Waals surface area contributed by atoms with Crippen LogP contribution in [-0.2, 0) is 10.8 Å². The van der Waals surface area contributed by atoms with Gasteiger partial charge < -0.3 is 19.1 Å². The van der Waals surface area contributed by atoms with E-state index in [4.69, 9.17) is 19.0 Å². The van der Waals surface area contributed by atoms with Crippen LogP contribution in [0.2, 0.25) is 0 Å². The van der Waals surface area contributed by atoms with Gasteiger partial charge >= 0.3 is 0 Å². The number of nitrogens with zero attached hydrogens (tertiary/aromatic N) is 5. The van der Waals surface area contributed by atoms with Gasteiger partial charge in [0.05, 0.1) is 15.5 Å². The Bertz CT molecular complexity index is 6160. The van der Waals surface area contributed by atoms with Crippen LogP contribution in [0.15, 0.2) is 317 Å². The molecule has 8 nitrogen and oxygen atoms in total. The molecule has 0 radical (unpaired) electrons. The number of para-hydroxylation sites is 2. The van der Waals surface area contributed by atoms with E-state index in [-0.39, 0.29) is 12.3 Å². The van der Waals surface area contributed by atoms with Crippen molar-refractivity contribution in [1.29, 1.82) is 0 Å². The van der Waals surface area contributed by atoms with Crippen molar-refractivity contribution in [1.82, 2.24) is 19.2 Å². The molecule has 20 rings (SSSR count). The Morgan fingerprint density at radius 1 is 0.361 bits per heavy atom. The molecule has 2 aliphatic rings. The molecule has 9 heteroatoms. The van der Waals surface area contributed by atoms with Gasteiger partial charge in [0.1, 0.15) is 39.4 Å². The van der Waals surface area contributed by atoms with E-state index in [0.717, 1.165) is 116 Å². The molecule has 0 spiro atoms. The zero-order valence-corrected chi connectivity index (χ0v) is 55.4. The molecule has 0 fully saturated rings. The minimum Gasteiger partial charge on any atom is -0.456 e. The molecule has 2 aliphatic carbocycles. The molecule has 0 saturated carbocycles. The monoisotopic (exact) mass is 1320 g/mol. The lowest BCUT2D eigenvalue weighted by atomic mass is 9.82. The summed E-state index contributed by atoms with van der Waals surface area (Å²) in [7, 11) is 0. The normalized spacial score (nSPS) is 13.2. The summed E-state index contributed by atoms with van der Waals surface area (Å²) < 4.78 is 17.3. The van der Waals surface area contributed by atoms with Crippen LogP contribution in [0.1, 0.15) is 51.4 Å². The van der Waals surface area contributed by atoms with E-state index >= 15 is 0 Å². The fraction of sp³-hybridized carbons (Fsp3) is 0.0682. The summed E-state index contributed by atoms with van der Waals surface area (Å²) in [6.07, 6.45) is 4.22. The molecule has 0 amide bonds. The maximum absolute atomic E-state index is 6.28. The molecule has 6 aromatic heterocycles. The Kier molecular flexibility index (Phi) is 13.6. The predicted molar refractivity (Wildman–Crippen MR) is 407 cm³/mol. The number of anilines is 5. The number of hydrogen-bond donors (Lipinski definition) is 1. The molecule has 466 valence electrons. The highest BCUT2D eigenvalue weighted by Gasteiger charge is 2.37. The minimum atomic E-state index is -0.0809. The van der Waals surface area contributed by atoms with Crippen molar-refractivity contribution >= 4 is 121 Å². The number of nitrogens with one attached hydrogen (secondary N) is 1. The first kappa shape index (κ1) is 57.8. The van der Waals surface area contributed by atoms with Gasteiger partial charge in [-0.05, 0) is 156 Å². The SMILES string of the molecule is Brc1c(-c2ccccc2)nn2cc3ccccc3cc12.CC1(C)c2ccccc2-c2cc(N(c3ccc4oc5ccccc5c4c3)c3c(-c4ccccc4)nn4cc5ccccc5cc34)ccc21.CC1(C)c2ccccc2-c2cc(Nc3ccc4oc5ccccc5c4c3)ccc21.[HH]. The second-order valence-electron chi connectivity index (χ2n) is 26.4. The van der Waals surface area contributed by atoms with Crippen LogP contribution in [0.5, 0.6) is 0 Å². The molecule has 0 bridgehead atoms. The maximum Gasteiger partial charge on any atom is 0.135 e. The van der Waals surface area contributed by atoms with Gasteiger partial charge in [0.2, 0.25) is 0 Å². The average Bonchev–Trinajstić information content (AvgIpc) is 1.57. The Labute approximate surface area is 570 Å². The summed E-state index contributed by atoms with van der Waals surface area (Å²) in [4.78, 5) is 2.40. The summed E-state index contributed by atoms with van der Waals surface area (Å²) in [6.45, 7) is 9.28. The third kappa shape index (κ3) is 9.70. The first-order valence-electron chi connectivity index (χ1n) is 33.0. The van der Waals surface area contributed by atoms with Gasteiger partial charge in [0.15, 0.2) is 0 Å². The molecule has 0 unspecified atom stereocenters. The molecular formula is C88H65BrN6O2. The summed E-state index contributed by atoms with van der Waals surface area (Å²) in [6, 6.07) is 103. The van der Waals surface area contributed by atoms with Crippen LogP contribution in [-0.4, -0.2) is 19.2 Å². The highest BCUT2D eigenvalue weighted by molar-refractivity contribution is 9.10. The molecular weight excluding hydrogens is 1250 g/mol. The molecule has 12 aromatic carbocycles. The van der Waals surface area contributed by atoms with E-state index in [1.807, 2.05) is 63.6 Å². The van der Waals surface area contributed by atoms with Crippen molar-refractivity contribution < 1.29 is 10.3 Å². The largest absolute Gasteiger partial charge is 0.456 e. The van der Waals surface area contributed by atoms with Crippen molar-refractivity contribution in [3.63, 3.8) is 0 Å². The zero-order chi connectivity index (χ0) is 65.1. The second-order valence-corrected chi connectivity index (χ2v) is 27.2. The molecule has 0 saturated heterocycles. The van der Waals surface area contributed by atoms with Crippen molar-refractivity contribution in [3.8, 4) is 44.8 Å². The van der Waals surface area contributed by atoms with Crippen LogP contribution in [0.3, 0.4) is 0 Å². The molecule has 6 heterocycles. The van der Waals surface area contributed by atoms with E-state index in [9.17, 15) is 0 Å². The van der Waals surface area contributed by atoms with Crippen LogP contribution in [0, 0.1) is 0 Å². The summed E-state index contributed by atoms with van der Waals surface area (Å²) in [5.74, 6) is 0. The molecule has 0 aliphatic heterocycles. The van der Waals surface area contributed by atoms with Crippen LogP contribution in [0.25, 0.3) is 121 Å². The van der Waals surface area contributed by atoms with Crippen molar-refractivity contribution in [3.05, 3.63) is 330 Å². The molecule has 0 atom stereocenters. The number of aromatic nitrogens is 4. The summed E-state index contributed by atoms with van der Waals surface area (Å²) in [5, 5.41) is 22.8. The van der Waals surface area contributed by atoms with Gasteiger partial charge in [-0.15, -0.1) is 0 Å². The van der Waals surface area contributed by atoms with E-state index in [0.29, 0.717) is 0 Å². The van der Waals surface area contributed by atoms with Gasteiger partial charge in [0, 0.05) is 90.8 Å². The number of rotatable bonds is 7. The lowest BCUT2D eigenvalue weighted by molar-refractivity contribution is 0.660. The molecule has 97 heavy (non-hydrogen) atoms. The molecule has 18 aromatic rings. The predicted octanol–water partition coefficient (Wildman–Crippen LogP) is 24.6. The first-order valence-corrected chi connectivity index (χ1v) is 33.7. The summed E-state index contributed by atoms with van der Waals surface area (Å²) >= 11 is 3.69. The number of pyridine rings is 2. The van der Waals surface area contributed by atoms with Gasteiger partial charge in [-0.3, -0.25) is 0 Å². The molecule has 1 N–H and O–H groups in total. The minimum absolute atomic E-state index is 0. The van der Waals surface area contributed by atoms with E-state index < -0.39 is 0 Å². The highest BCUT2D eigenvalue weighted by atomic mass is 79.9. The fourth-order valence-corrected chi connectivity index (χ4v) is 15.7. The lowest BCUT2D eigenvalue weighted by Gasteiger charge is -2.27. The van der Waals surface area contributed by atoms with E-state index in [2.05, 4.69) is 303 Å². The van der Waals surface area contributed by atoms with Crippen molar-refractivity contribution in [2.75, 3.05) is 10.2 Å². The Morgan fingerprint density at radius 2 is 0.784 bits per heavy atom. The smallest absolute Gasteiger partial charge is 0.135 e. The third-order valence-electron chi connectivity index (χ3n) is 19.9. The number of benzene rings is 12. The van der Waals surface area contributed by atoms with E-state index in [1.54, 1.807) is 0 Å². The highest BCUT2D eigenvalue weighted by Crippen LogP contribution is 2.53. The quantitative estimate of drug-likeness (QED) is 0.171. The number of furan rings is 2. The lowest BCUT2D eigenvalue weighted by Crippen LogP contribution is -2.15. The third-order valence-corrected chi connectivity index (χ3v) is 20.7. The Morgan fingerprint density at radius 3 is 1.41 bits per heavy atom. The first-order chi connectivity index (χ1) is 47.5. The van der Waals surface area contributed by atoms with Gasteiger partial charge in [0.25, 0.3) is 0 Å². The Hall–Kier alpha value is -11.8.